The Morgan fingerprint density at radius 1 is 1.00 bits per heavy atom. The number of benzene rings is 3. The van der Waals surface area contributed by atoms with E-state index >= 15 is 0 Å². The highest BCUT2D eigenvalue weighted by molar-refractivity contribution is 5.92. The first-order chi connectivity index (χ1) is 19.5. The van der Waals surface area contributed by atoms with E-state index in [0.29, 0.717) is 35.4 Å². The molecule has 12 heteroatoms. The first kappa shape index (κ1) is 24.9. The van der Waals surface area contributed by atoms with Gasteiger partial charge < -0.3 is 24.1 Å². The molecule has 0 fully saturated rings. The van der Waals surface area contributed by atoms with Crippen LogP contribution < -0.4 is 30.8 Å². The summed E-state index contributed by atoms with van der Waals surface area (Å²) in [5.41, 5.74) is 0.155. The number of carbonyl (C=O) groups is 1. The number of fused-ring (bicyclic) bond motifs is 2. The molecule has 0 unspecified atom stereocenters. The molecule has 202 valence electrons. The number of nitrogens with zero attached hydrogens (tertiary/aromatic N) is 4. The standard InChI is InChI=1S/C28H23N5O7/c1-2-37-19-10-8-18(9-11-19)29-24(34)14-32-21-13-23-22(38-16-39-23)12-20(21)27(35)33(28(32)36)15-25-30-26(31-40-25)17-6-4-3-5-7-17/h3-13H,2,14-16H2,1H3,(H,29,34). The second-order valence-corrected chi connectivity index (χ2v) is 8.87. The third-order valence-corrected chi connectivity index (χ3v) is 6.26. The summed E-state index contributed by atoms with van der Waals surface area (Å²) in [5, 5.41) is 6.90. The topological polar surface area (TPSA) is 140 Å². The first-order valence-corrected chi connectivity index (χ1v) is 12.5. The zero-order valence-electron chi connectivity index (χ0n) is 21.3. The highest BCUT2D eigenvalue weighted by Crippen LogP contribution is 2.34. The number of anilines is 1. The number of nitrogens with one attached hydrogen (secondary N) is 1. The SMILES string of the molecule is CCOc1ccc(NC(=O)Cn2c(=O)n(Cc3nc(-c4ccccc4)no3)c(=O)c3cc4c(cc32)OCO4)cc1. The van der Waals surface area contributed by atoms with Crippen LogP contribution in [0.25, 0.3) is 22.3 Å². The van der Waals surface area contributed by atoms with Crippen LogP contribution >= 0.6 is 0 Å². The van der Waals surface area contributed by atoms with Crippen molar-refractivity contribution in [3.8, 4) is 28.6 Å². The monoisotopic (exact) mass is 541 g/mol. The lowest BCUT2D eigenvalue weighted by molar-refractivity contribution is -0.116. The Morgan fingerprint density at radius 3 is 2.50 bits per heavy atom. The number of carbonyl (C=O) groups excluding carboxylic acids is 1. The van der Waals surface area contributed by atoms with Crippen molar-refractivity contribution < 1.29 is 23.5 Å². The van der Waals surface area contributed by atoms with Gasteiger partial charge >= 0.3 is 5.69 Å². The lowest BCUT2D eigenvalue weighted by Crippen LogP contribution is -2.42. The Bertz CT molecular complexity index is 1820. The molecule has 0 aliphatic carbocycles. The van der Waals surface area contributed by atoms with E-state index < -0.39 is 17.2 Å². The fourth-order valence-corrected chi connectivity index (χ4v) is 4.40. The van der Waals surface area contributed by atoms with E-state index in [0.717, 1.165) is 10.1 Å². The first-order valence-electron chi connectivity index (χ1n) is 12.5. The van der Waals surface area contributed by atoms with Gasteiger partial charge in [0.2, 0.25) is 24.4 Å². The van der Waals surface area contributed by atoms with Gasteiger partial charge in [-0.2, -0.15) is 4.98 Å². The van der Waals surface area contributed by atoms with Crippen LogP contribution in [0.3, 0.4) is 0 Å². The van der Waals surface area contributed by atoms with Crippen molar-refractivity contribution in [1.29, 1.82) is 0 Å². The molecule has 1 aliphatic rings. The van der Waals surface area contributed by atoms with Crippen molar-refractivity contribution >= 4 is 22.5 Å². The summed E-state index contributed by atoms with van der Waals surface area (Å²) in [7, 11) is 0. The maximum Gasteiger partial charge on any atom is 0.332 e. The molecule has 0 atom stereocenters. The van der Waals surface area contributed by atoms with Gasteiger partial charge in [-0.05, 0) is 37.3 Å². The largest absolute Gasteiger partial charge is 0.494 e. The van der Waals surface area contributed by atoms with Crippen LogP contribution in [0.1, 0.15) is 12.8 Å². The molecule has 1 amide bonds. The van der Waals surface area contributed by atoms with Gasteiger partial charge in [-0.3, -0.25) is 18.7 Å². The van der Waals surface area contributed by atoms with Gasteiger partial charge in [-0.1, -0.05) is 35.5 Å². The third kappa shape index (κ3) is 4.77. The van der Waals surface area contributed by atoms with Crippen LogP contribution in [0.15, 0.2) is 80.8 Å². The van der Waals surface area contributed by atoms with Crippen molar-refractivity contribution in [3.63, 3.8) is 0 Å². The summed E-state index contributed by atoms with van der Waals surface area (Å²) in [5.74, 6) is 1.31. The third-order valence-electron chi connectivity index (χ3n) is 6.26. The average Bonchev–Trinajstić information content (AvgIpc) is 3.64. The van der Waals surface area contributed by atoms with Crippen molar-refractivity contribution in [1.82, 2.24) is 19.3 Å². The van der Waals surface area contributed by atoms with E-state index in [2.05, 4.69) is 15.5 Å². The Labute approximate surface area is 226 Å². The molecule has 5 aromatic rings. The van der Waals surface area contributed by atoms with Crippen LogP contribution in [0.4, 0.5) is 5.69 Å². The number of rotatable bonds is 8. The van der Waals surface area contributed by atoms with Gasteiger partial charge in [0.05, 0.1) is 17.5 Å². The molecule has 0 bridgehead atoms. The molecule has 3 aromatic carbocycles. The van der Waals surface area contributed by atoms with Crippen LogP contribution in [-0.2, 0) is 17.9 Å². The summed E-state index contributed by atoms with van der Waals surface area (Å²) < 4.78 is 23.8. The quantitative estimate of drug-likeness (QED) is 0.314. The zero-order valence-corrected chi connectivity index (χ0v) is 21.3. The van der Waals surface area contributed by atoms with E-state index in [4.69, 9.17) is 18.7 Å². The van der Waals surface area contributed by atoms with Gasteiger partial charge in [0.15, 0.2) is 11.5 Å². The summed E-state index contributed by atoms with van der Waals surface area (Å²) in [4.78, 5) is 44.5. The molecule has 0 saturated heterocycles. The number of aromatic nitrogens is 4. The molecule has 6 rings (SSSR count). The maximum atomic E-state index is 13.7. The van der Waals surface area contributed by atoms with Gasteiger partial charge in [-0.15, -0.1) is 0 Å². The Hall–Kier alpha value is -5.39. The number of hydrogen-bond acceptors (Lipinski definition) is 9. The Morgan fingerprint density at radius 2 is 1.75 bits per heavy atom. The summed E-state index contributed by atoms with van der Waals surface area (Å²) in [6, 6.07) is 19.0. The molecule has 3 heterocycles. The summed E-state index contributed by atoms with van der Waals surface area (Å²) >= 11 is 0. The highest BCUT2D eigenvalue weighted by atomic mass is 16.7. The molecule has 0 spiro atoms. The minimum atomic E-state index is -0.724. The normalized spacial score (nSPS) is 12.0. The van der Waals surface area contributed by atoms with Gasteiger partial charge in [0.1, 0.15) is 18.8 Å². The van der Waals surface area contributed by atoms with Crippen LogP contribution in [0.2, 0.25) is 0 Å². The van der Waals surface area contributed by atoms with Gasteiger partial charge in [0.25, 0.3) is 5.56 Å². The lowest BCUT2D eigenvalue weighted by atomic mass is 10.2. The molecule has 0 saturated carbocycles. The van der Waals surface area contributed by atoms with E-state index in [-0.39, 0.29) is 36.7 Å². The molecule has 40 heavy (non-hydrogen) atoms. The molecule has 0 radical (unpaired) electrons. The lowest BCUT2D eigenvalue weighted by Gasteiger charge is -2.14. The highest BCUT2D eigenvalue weighted by Gasteiger charge is 2.23. The van der Waals surface area contributed by atoms with E-state index in [1.165, 1.54) is 16.7 Å². The number of amides is 1. The second-order valence-electron chi connectivity index (χ2n) is 8.87. The zero-order chi connectivity index (χ0) is 27.6. The fraction of sp³-hybridized carbons (Fsp3) is 0.179. The van der Waals surface area contributed by atoms with Gasteiger partial charge in [-0.25, -0.2) is 4.79 Å². The number of ether oxygens (including phenoxy) is 3. The van der Waals surface area contributed by atoms with E-state index in [1.807, 2.05) is 37.3 Å². The molecule has 1 aliphatic heterocycles. The minimum absolute atomic E-state index is 0.0213. The predicted molar refractivity (Wildman–Crippen MR) is 144 cm³/mol. The molecular weight excluding hydrogens is 518 g/mol. The number of hydrogen-bond donors (Lipinski definition) is 1. The van der Waals surface area contributed by atoms with Crippen molar-refractivity contribution in [2.24, 2.45) is 0 Å². The van der Waals surface area contributed by atoms with Crippen molar-refractivity contribution in [2.75, 3.05) is 18.7 Å². The van der Waals surface area contributed by atoms with E-state index in [9.17, 15) is 14.4 Å². The molecule has 12 nitrogen and oxygen atoms in total. The second kappa shape index (κ2) is 10.4. The molecular formula is C28H23N5O7. The van der Waals surface area contributed by atoms with Crippen LogP contribution in [0.5, 0.6) is 17.2 Å². The maximum absolute atomic E-state index is 13.7. The molecule has 2 aromatic heterocycles. The Kier molecular flexibility index (Phi) is 6.48. The van der Waals surface area contributed by atoms with E-state index in [1.54, 1.807) is 24.3 Å². The smallest absolute Gasteiger partial charge is 0.332 e. The summed E-state index contributed by atoms with van der Waals surface area (Å²) in [6.07, 6.45) is 0. The predicted octanol–water partition coefficient (Wildman–Crippen LogP) is 3.03. The molecule has 1 N–H and O–H groups in total. The van der Waals surface area contributed by atoms with Crippen LogP contribution in [-0.4, -0.2) is 38.6 Å². The van der Waals surface area contributed by atoms with Crippen molar-refractivity contribution in [2.45, 2.75) is 20.0 Å². The minimum Gasteiger partial charge on any atom is -0.494 e. The van der Waals surface area contributed by atoms with Crippen LogP contribution in [0, 0.1) is 0 Å². The van der Waals surface area contributed by atoms with Gasteiger partial charge in [0, 0.05) is 17.3 Å². The fourth-order valence-electron chi connectivity index (χ4n) is 4.40. The van der Waals surface area contributed by atoms with Crippen molar-refractivity contribution in [3.05, 3.63) is 93.5 Å². The Balaban J connectivity index is 1.37. The average molecular weight is 542 g/mol. The summed E-state index contributed by atoms with van der Waals surface area (Å²) in [6.45, 7) is 1.72.